The predicted molar refractivity (Wildman–Crippen MR) is 67.2 cm³/mol. The minimum absolute atomic E-state index is 0.376. The first-order valence-electron chi connectivity index (χ1n) is 4.96. The number of aromatic nitrogens is 2. The molecule has 1 N–H and O–H groups in total. The molecule has 6 heteroatoms. The van der Waals surface area contributed by atoms with Gasteiger partial charge in [0.2, 0.25) is 0 Å². The number of thiophene rings is 1. The van der Waals surface area contributed by atoms with Crippen molar-refractivity contribution in [2.75, 3.05) is 0 Å². The molecule has 0 aliphatic carbocycles. The van der Waals surface area contributed by atoms with Gasteiger partial charge in [-0.25, -0.2) is 9.78 Å². The van der Waals surface area contributed by atoms with Crippen LogP contribution >= 0.6 is 22.7 Å². The number of carbonyl (C=O) groups is 1. The number of imidazole rings is 1. The van der Waals surface area contributed by atoms with E-state index in [1.54, 1.807) is 23.7 Å². The van der Waals surface area contributed by atoms with Crippen LogP contribution in [0.15, 0.2) is 29.9 Å². The van der Waals surface area contributed by atoms with E-state index in [1.165, 1.54) is 11.3 Å². The number of thiazole rings is 1. The maximum Gasteiger partial charge on any atom is 0.347 e. The Kier molecular flexibility index (Phi) is 2.45. The molecular weight excluding hydrogens is 256 g/mol. The van der Waals surface area contributed by atoms with Crippen LogP contribution in [0.25, 0.3) is 4.96 Å². The normalized spacial score (nSPS) is 11.1. The van der Waals surface area contributed by atoms with Crippen molar-refractivity contribution in [2.45, 2.75) is 6.42 Å². The largest absolute Gasteiger partial charge is 0.477 e. The van der Waals surface area contributed by atoms with Crippen LogP contribution in [0.4, 0.5) is 0 Å². The molecule has 0 saturated heterocycles. The topological polar surface area (TPSA) is 54.6 Å². The fourth-order valence-corrected chi connectivity index (χ4v) is 3.39. The van der Waals surface area contributed by atoms with Gasteiger partial charge >= 0.3 is 5.97 Å². The number of rotatable bonds is 3. The first-order valence-corrected chi connectivity index (χ1v) is 6.65. The second-order valence-corrected chi connectivity index (χ2v) is 5.53. The Balaban J connectivity index is 2.14. The lowest BCUT2D eigenvalue weighted by molar-refractivity contribution is 0.0700. The van der Waals surface area contributed by atoms with E-state index in [-0.39, 0.29) is 0 Å². The smallest absolute Gasteiger partial charge is 0.347 e. The highest BCUT2D eigenvalue weighted by Gasteiger charge is 2.18. The third-order valence-electron chi connectivity index (χ3n) is 2.47. The number of carboxylic acids is 1. The van der Waals surface area contributed by atoms with Gasteiger partial charge in [0.15, 0.2) is 4.96 Å². The van der Waals surface area contributed by atoms with Crippen molar-refractivity contribution < 1.29 is 9.90 Å². The van der Waals surface area contributed by atoms with Gasteiger partial charge in [0.25, 0.3) is 0 Å². The molecule has 17 heavy (non-hydrogen) atoms. The first-order chi connectivity index (χ1) is 8.25. The van der Waals surface area contributed by atoms with Crippen molar-refractivity contribution in [3.05, 3.63) is 45.4 Å². The third-order valence-corrected chi connectivity index (χ3v) is 4.44. The van der Waals surface area contributed by atoms with E-state index in [9.17, 15) is 9.90 Å². The van der Waals surface area contributed by atoms with Crippen LogP contribution in [-0.4, -0.2) is 20.5 Å². The number of aromatic carboxylic acids is 1. The molecule has 3 rings (SSSR count). The van der Waals surface area contributed by atoms with Crippen molar-refractivity contribution in [1.82, 2.24) is 9.38 Å². The second-order valence-electron chi connectivity index (χ2n) is 3.52. The summed E-state index contributed by atoms with van der Waals surface area (Å²) in [5.74, 6) is -0.882. The van der Waals surface area contributed by atoms with Crippen LogP contribution in [-0.2, 0) is 6.42 Å². The summed E-state index contributed by atoms with van der Waals surface area (Å²) in [5, 5.41) is 11.2. The zero-order valence-electron chi connectivity index (χ0n) is 8.66. The van der Waals surface area contributed by atoms with Crippen LogP contribution < -0.4 is 0 Å². The first kappa shape index (κ1) is 10.5. The Labute approximate surface area is 105 Å². The van der Waals surface area contributed by atoms with Crippen LogP contribution in [0.3, 0.4) is 0 Å². The number of carboxylic acid groups (broad SMARTS) is 1. The van der Waals surface area contributed by atoms with Crippen molar-refractivity contribution in [3.63, 3.8) is 0 Å². The fourth-order valence-electron chi connectivity index (χ4n) is 1.74. The fraction of sp³-hybridized carbons (Fsp3) is 0.0909. The Morgan fingerprint density at radius 2 is 2.41 bits per heavy atom. The number of fused-ring (bicyclic) bond motifs is 1. The van der Waals surface area contributed by atoms with Gasteiger partial charge in [-0.05, 0) is 11.4 Å². The maximum absolute atomic E-state index is 11.2. The van der Waals surface area contributed by atoms with Crippen LogP contribution in [0.1, 0.15) is 20.2 Å². The van der Waals surface area contributed by atoms with Crippen molar-refractivity contribution in [1.29, 1.82) is 0 Å². The van der Waals surface area contributed by atoms with E-state index in [2.05, 4.69) is 4.98 Å². The van der Waals surface area contributed by atoms with E-state index in [1.807, 2.05) is 21.9 Å². The van der Waals surface area contributed by atoms with E-state index in [0.717, 1.165) is 15.5 Å². The Bertz CT molecular complexity index is 667. The molecule has 3 aromatic rings. The summed E-state index contributed by atoms with van der Waals surface area (Å²) in [6.07, 6.45) is 4.13. The van der Waals surface area contributed by atoms with Gasteiger partial charge in [0, 0.05) is 23.7 Å². The molecule has 3 heterocycles. The van der Waals surface area contributed by atoms with Gasteiger partial charge in [-0.15, -0.1) is 11.3 Å². The lowest BCUT2D eigenvalue weighted by Crippen LogP contribution is -2.01. The molecule has 0 atom stereocenters. The Hall–Kier alpha value is -1.66. The van der Waals surface area contributed by atoms with Crippen molar-refractivity contribution >= 4 is 33.6 Å². The molecular formula is C11H8N2O2S2. The molecule has 0 aliphatic heterocycles. The molecule has 0 spiro atoms. The van der Waals surface area contributed by atoms with Gasteiger partial charge in [-0.3, -0.25) is 4.40 Å². The maximum atomic E-state index is 11.2. The highest BCUT2D eigenvalue weighted by atomic mass is 32.1. The number of nitrogens with zero attached hydrogens (tertiary/aromatic N) is 2. The van der Waals surface area contributed by atoms with Gasteiger partial charge in [-0.2, -0.15) is 0 Å². The average Bonchev–Trinajstić information content (AvgIpc) is 2.96. The second kappa shape index (κ2) is 3.97. The lowest BCUT2D eigenvalue weighted by Gasteiger charge is -1.99. The molecule has 4 nitrogen and oxygen atoms in total. The van der Waals surface area contributed by atoms with Gasteiger partial charge in [0.05, 0.1) is 5.69 Å². The summed E-state index contributed by atoms with van der Waals surface area (Å²) < 4.78 is 1.86. The van der Waals surface area contributed by atoms with E-state index in [4.69, 9.17) is 0 Å². The molecule has 3 aromatic heterocycles. The van der Waals surface area contributed by atoms with Crippen molar-refractivity contribution in [3.8, 4) is 0 Å². The summed E-state index contributed by atoms with van der Waals surface area (Å²) in [7, 11) is 0. The lowest BCUT2D eigenvalue weighted by atomic mass is 10.2. The summed E-state index contributed by atoms with van der Waals surface area (Å²) in [4.78, 5) is 17.6. The SMILES string of the molecule is O=C(O)c1sc2nccn2c1Cc1cccs1. The summed E-state index contributed by atoms with van der Waals surface area (Å²) in [6.45, 7) is 0. The highest BCUT2D eigenvalue weighted by Crippen LogP contribution is 2.26. The molecule has 0 radical (unpaired) electrons. The minimum Gasteiger partial charge on any atom is -0.477 e. The molecule has 0 amide bonds. The number of hydrogen-bond acceptors (Lipinski definition) is 4. The highest BCUT2D eigenvalue weighted by molar-refractivity contribution is 7.19. The zero-order chi connectivity index (χ0) is 11.8. The molecule has 0 saturated carbocycles. The zero-order valence-corrected chi connectivity index (χ0v) is 10.3. The average molecular weight is 264 g/mol. The predicted octanol–water partition coefficient (Wildman–Crippen LogP) is 2.75. The third kappa shape index (κ3) is 1.75. The van der Waals surface area contributed by atoms with Crippen LogP contribution in [0.5, 0.6) is 0 Å². The van der Waals surface area contributed by atoms with Crippen LogP contribution in [0, 0.1) is 0 Å². The molecule has 0 aromatic carbocycles. The summed E-state index contributed by atoms with van der Waals surface area (Å²) in [5.41, 5.74) is 0.803. The Morgan fingerprint density at radius 3 is 3.12 bits per heavy atom. The summed E-state index contributed by atoms with van der Waals surface area (Å²) >= 11 is 2.85. The molecule has 0 bridgehead atoms. The van der Waals surface area contributed by atoms with Crippen LogP contribution in [0.2, 0.25) is 0 Å². The standard InChI is InChI=1S/C11H8N2O2S2/c14-10(15)9-8(6-7-2-1-5-16-7)13-4-3-12-11(13)17-9/h1-5H,6H2,(H,14,15). The Morgan fingerprint density at radius 1 is 1.53 bits per heavy atom. The quantitative estimate of drug-likeness (QED) is 0.791. The summed E-state index contributed by atoms with van der Waals surface area (Å²) in [6, 6.07) is 3.98. The molecule has 0 unspecified atom stereocenters. The van der Waals surface area contributed by atoms with E-state index < -0.39 is 5.97 Å². The van der Waals surface area contributed by atoms with Gasteiger partial charge in [-0.1, -0.05) is 17.4 Å². The van der Waals surface area contributed by atoms with Gasteiger partial charge in [0.1, 0.15) is 4.88 Å². The molecule has 86 valence electrons. The van der Waals surface area contributed by atoms with E-state index >= 15 is 0 Å². The monoisotopic (exact) mass is 264 g/mol. The van der Waals surface area contributed by atoms with Crippen molar-refractivity contribution in [2.24, 2.45) is 0 Å². The number of hydrogen-bond donors (Lipinski definition) is 1. The minimum atomic E-state index is -0.882. The molecule has 0 aliphatic rings. The van der Waals surface area contributed by atoms with E-state index in [0.29, 0.717) is 11.3 Å². The molecule has 0 fully saturated rings. The van der Waals surface area contributed by atoms with Gasteiger partial charge < -0.3 is 5.11 Å².